The highest BCUT2D eigenvalue weighted by Crippen LogP contribution is 2.27. The zero-order valence-electron chi connectivity index (χ0n) is 19.6. The lowest BCUT2D eigenvalue weighted by Crippen LogP contribution is -2.27. The lowest BCUT2D eigenvalue weighted by atomic mass is 10.1. The zero-order valence-corrected chi connectivity index (χ0v) is 19.6. The van der Waals surface area contributed by atoms with Crippen LogP contribution < -0.4 is 5.73 Å². The Kier molecular flexibility index (Phi) is 5.24. The van der Waals surface area contributed by atoms with Crippen molar-refractivity contribution in [1.82, 2.24) is 34.8 Å². The molecule has 3 heterocycles. The van der Waals surface area contributed by atoms with Crippen LogP contribution >= 0.6 is 0 Å². The smallest absolute Gasteiger partial charge is 0.273 e. The number of fused-ring (bicyclic) bond motifs is 2. The molecule has 0 atom stereocenters. The van der Waals surface area contributed by atoms with E-state index in [1.807, 2.05) is 68.0 Å². The van der Waals surface area contributed by atoms with Crippen molar-refractivity contribution < 1.29 is 4.79 Å². The summed E-state index contributed by atoms with van der Waals surface area (Å²) in [6, 6.07) is 11.5. The summed E-state index contributed by atoms with van der Waals surface area (Å²) in [5, 5.41) is 12.9. The molecule has 3 N–H and O–H groups in total. The Labute approximate surface area is 196 Å². The number of rotatable bonds is 5. The molecule has 0 radical (unpaired) electrons. The van der Waals surface area contributed by atoms with Gasteiger partial charge >= 0.3 is 0 Å². The minimum absolute atomic E-state index is 0.174. The van der Waals surface area contributed by atoms with Gasteiger partial charge in [-0.05, 0) is 51.1 Å². The largest absolute Gasteiger partial charge is 0.382 e. The van der Waals surface area contributed by atoms with Gasteiger partial charge in [-0.2, -0.15) is 10.2 Å². The van der Waals surface area contributed by atoms with E-state index >= 15 is 0 Å². The maximum Gasteiger partial charge on any atom is 0.273 e. The molecular formula is C25H26N8O. The summed E-state index contributed by atoms with van der Waals surface area (Å²) >= 11 is 0. The number of benzene rings is 2. The monoisotopic (exact) mass is 454 g/mol. The van der Waals surface area contributed by atoms with Gasteiger partial charge in [-0.3, -0.25) is 14.6 Å². The number of hydrogen-bond acceptors (Lipinski definition) is 6. The summed E-state index contributed by atoms with van der Waals surface area (Å²) in [5.74, 6) is 0.699. The molecule has 3 aromatic heterocycles. The van der Waals surface area contributed by atoms with Gasteiger partial charge in [-0.1, -0.05) is 11.6 Å². The number of nitrogens with two attached hydrogens (primary N) is 1. The minimum Gasteiger partial charge on any atom is -0.382 e. The second kappa shape index (κ2) is 8.26. The van der Waals surface area contributed by atoms with E-state index in [1.165, 1.54) is 0 Å². The molecule has 5 aromatic rings. The highest BCUT2D eigenvalue weighted by Gasteiger charge is 2.21. The normalized spacial score (nSPS) is 11.4. The zero-order chi connectivity index (χ0) is 24.0. The second-order valence-corrected chi connectivity index (χ2v) is 8.52. The molecular weight excluding hydrogens is 428 g/mol. The third-order valence-corrected chi connectivity index (χ3v) is 6.16. The topological polar surface area (TPSA) is 119 Å². The average molecular weight is 455 g/mol. The molecule has 2 aromatic carbocycles. The van der Waals surface area contributed by atoms with E-state index in [0.717, 1.165) is 45.2 Å². The molecule has 0 saturated heterocycles. The standard InChI is InChI=1S/C25H26N8O/c1-5-33-15(3)17(12-27-33)13-32(4)25(34)22-18-10-14(2)6-8-20(18)28-24(29-22)16-7-9-21-19(11-16)23(26)31-30-21/h6-12H,5,13H2,1-4H3,(H3,26,30,31). The van der Waals surface area contributed by atoms with Gasteiger partial charge in [0.25, 0.3) is 5.91 Å². The van der Waals surface area contributed by atoms with Gasteiger partial charge in [0.15, 0.2) is 11.6 Å². The van der Waals surface area contributed by atoms with Crippen molar-refractivity contribution >= 4 is 33.5 Å². The highest BCUT2D eigenvalue weighted by molar-refractivity contribution is 6.05. The molecule has 0 unspecified atom stereocenters. The van der Waals surface area contributed by atoms with Gasteiger partial charge in [-0.25, -0.2) is 9.97 Å². The molecule has 0 bridgehead atoms. The first-order valence-electron chi connectivity index (χ1n) is 11.1. The first-order valence-corrected chi connectivity index (χ1v) is 11.1. The summed E-state index contributed by atoms with van der Waals surface area (Å²) in [6.07, 6.45) is 1.82. The number of aromatic nitrogens is 6. The minimum atomic E-state index is -0.174. The van der Waals surface area contributed by atoms with Crippen molar-refractivity contribution in [2.24, 2.45) is 0 Å². The van der Waals surface area contributed by atoms with Crippen LogP contribution in [0, 0.1) is 13.8 Å². The quantitative estimate of drug-likeness (QED) is 0.416. The number of H-pyrrole nitrogens is 1. The van der Waals surface area contributed by atoms with E-state index in [9.17, 15) is 4.79 Å². The number of hydrogen-bond donors (Lipinski definition) is 2. The maximum absolute atomic E-state index is 13.6. The number of nitrogens with zero attached hydrogens (tertiary/aromatic N) is 6. The van der Waals surface area contributed by atoms with Crippen LogP contribution in [0.4, 0.5) is 5.82 Å². The van der Waals surface area contributed by atoms with Crippen molar-refractivity contribution in [1.29, 1.82) is 0 Å². The fourth-order valence-electron chi connectivity index (χ4n) is 4.18. The van der Waals surface area contributed by atoms with E-state index < -0.39 is 0 Å². The number of carbonyl (C=O) groups excluding carboxylic acids is 1. The van der Waals surface area contributed by atoms with Crippen LogP contribution in [-0.2, 0) is 13.1 Å². The molecule has 9 heteroatoms. The number of anilines is 1. The lowest BCUT2D eigenvalue weighted by Gasteiger charge is -2.18. The number of nitrogens with one attached hydrogen (secondary N) is 1. The predicted octanol–water partition coefficient (Wildman–Crippen LogP) is 3.86. The Hall–Kier alpha value is -4.27. The van der Waals surface area contributed by atoms with Crippen molar-refractivity contribution in [2.45, 2.75) is 33.9 Å². The van der Waals surface area contributed by atoms with E-state index in [0.29, 0.717) is 29.4 Å². The van der Waals surface area contributed by atoms with Crippen LogP contribution in [0.25, 0.3) is 33.2 Å². The molecule has 0 aliphatic carbocycles. The summed E-state index contributed by atoms with van der Waals surface area (Å²) in [4.78, 5) is 24.8. The first kappa shape index (κ1) is 21.6. The Bertz CT molecular complexity index is 1550. The van der Waals surface area contributed by atoms with Crippen LogP contribution in [0.1, 0.15) is 34.2 Å². The Balaban J connectivity index is 1.59. The second-order valence-electron chi connectivity index (χ2n) is 8.52. The number of amides is 1. The predicted molar refractivity (Wildman–Crippen MR) is 132 cm³/mol. The number of nitrogen functional groups attached to an aromatic ring is 1. The fourth-order valence-corrected chi connectivity index (χ4v) is 4.18. The van der Waals surface area contributed by atoms with Gasteiger partial charge in [0.05, 0.1) is 17.2 Å². The number of carbonyl (C=O) groups is 1. The number of aryl methyl sites for hydroxylation is 2. The van der Waals surface area contributed by atoms with Crippen molar-refractivity contribution in [3.05, 3.63) is 65.1 Å². The molecule has 1 amide bonds. The molecule has 0 spiro atoms. The van der Waals surface area contributed by atoms with Gasteiger partial charge in [-0.15, -0.1) is 0 Å². The van der Waals surface area contributed by atoms with E-state index in [4.69, 9.17) is 15.7 Å². The van der Waals surface area contributed by atoms with Crippen molar-refractivity contribution in [3.63, 3.8) is 0 Å². The van der Waals surface area contributed by atoms with Crippen LogP contribution in [0.2, 0.25) is 0 Å². The molecule has 0 saturated carbocycles. The van der Waals surface area contributed by atoms with E-state index in [-0.39, 0.29) is 5.91 Å². The first-order chi connectivity index (χ1) is 16.4. The summed E-state index contributed by atoms with van der Waals surface area (Å²) in [7, 11) is 1.78. The summed E-state index contributed by atoms with van der Waals surface area (Å²) < 4.78 is 1.92. The molecule has 0 fully saturated rings. The van der Waals surface area contributed by atoms with Crippen molar-refractivity contribution in [3.8, 4) is 11.4 Å². The molecule has 5 rings (SSSR count). The average Bonchev–Trinajstić information content (AvgIpc) is 3.39. The Morgan fingerprint density at radius 2 is 1.94 bits per heavy atom. The van der Waals surface area contributed by atoms with E-state index in [2.05, 4.69) is 15.3 Å². The van der Waals surface area contributed by atoms with Crippen LogP contribution in [0.5, 0.6) is 0 Å². The molecule has 172 valence electrons. The van der Waals surface area contributed by atoms with Gasteiger partial charge in [0.2, 0.25) is 0 Å². The van der Waals surface area contributed by atoms with E-state index in [1.54, 1.807) is 11.9 Å². The maximum atomic E-state index is 13.6. The van der Waals surface area contributed by atoms with Gasteiger partial charge in [0, 0.05) is 47.7 Å². The Morgan fingerprint density at radius 1 is 1.12 bits per heavy atom. The molecule has 34 heavy (non-hydrogen) atoms. The third kappa shape index (κ3) is 3.64. The fraction of sp³-hybridized carbons (Fsp3) is 0.240. The summed E-state index contributed by atoms with van der Waals surface area (Å²) in [5.41, 5.74) is 11.8. The molecule has 0 aliphatic rings. The number of aromatic amines is 1. The lowest BCUT2D eigenvalue weighted by molar-refractivity contribution is 0.0781. The summed E-state index contributed by atoms with van der Waals surface area (Å²) in [6.45, 7) is 7.28. The highest BCUT2D eigenvalue weighted by atomic mass is 16.2. The Morgan fingerprint density at radius 3 is 2.71 bits per heavy atom. The van der Waals surface area contributed by atoms with Gasteiger partial charge < -0.3 is 10.6 Å². The van der Waals surface area contributed by atoms with Crippen LogP contribution in [0.3, 0.4) is 0 Å². The van der Waals surface area contributed by atoms with Crippen molar-refractivity contribution in [2.75, 3.05) is 12.8 Å². The molecule has 0 aliphatic heterocycles. The van der Waals surface area contributed by atoms with Crippen LogP contribution in [-0.4, -0.2) is 47.8 Å². The van der Waals surface area contributed by atoms with Crippen LogP contribution in [0.15, 0.2) is 42.6 Å². The van der Waals surface area contributed by atoms with Gasteiger partial charge in [0.1, 0.15) is 5.69 Å². The third-order valence-electron chi connectivity index (χ3n) is 6.16. The molecule has 9 nitrogen and oxygen atoms in total. The SMILES string of the molecule is CCn1ncc(CN(C)C(=O)c2nc(-c3ccc4[nH]nc(N)c4c3)nc3ccc(C)cc23)c1C.